The number of carbonyl (C=O) groups is 1. The Balaban J connectivity index is 1.87. The zero-order valence-electron chi connectivity index (χ0n) is 12.4. The lowest BCUT2D eigenvalue weighted by atomic mass is 9.96. The van der Waals surface area contributed by atoms with Crippen molar-refractivity contribution in [2.75, 3.05) is 13.1 Å². The van der Waals surface area contributed by atoms with Gasteiger partial charge in [-0.15, -0.1) is 0 Å². The summed E-state index contributed by atoms with van der Waals surface area (Å²) >= 11 is 0. The van der Waals surface area contributed by atoms with Crippen LogP contribution in [0.25, 0.3) is 0 Å². The topological polar surface area (TPSA) is 82.7 Å². The number of guanidine groups is 1. The van der Waals surface area contributed by atoms with Crippen molar-refractivity contribution in [3.8, 4) is 0 Å². The summed E-state index contributed by atoms with van der Waals surface area (Å²) in [6.45, 7) is 3.61. The Morgan fingerprint density at radius 1 is 1.20 bits per heavy atom. The Bertz CT molecular complexity index is 345. The average molecular weight is 281 g/mol. The van der Waals surface area contributed by atoms with E-state index in [1.807, 2.05) is 11.8 Å². The zero-order chi connectivity index (χ0) is 14.4. The lowest BCUT2D eigenvalue weighted by Gasteiger charge is -2.24. The molecule has 2 fully saturated rings. The van der Waals surface area contributed by atoms with Gasteiger partial charge in [-0.1, -0.05) is 19.3 Å². The van der Waals surface area contributed by atoms with Crippen LogP contribution in [0.2, 0.25) is 0 Å². The number of hydrazine groups is 1. The van der Waals surface area contributed by atoms with Crippen LogP contribution < -0.4 is 16.6 Å². The Labute approximate surface area is 121 Å². The van der Waals surface area contributed by atoms with Crippen molar-refractivity contribution in [2.45, 2.75) is 64.0 Å². The SMILES string of the molecule is CC(NC(=NC1CCCCC1)NN)C(=O)N1CCCC1. The third kappa shape index (κ3) is 4.10. The molecule has 6 heteroatoms. The number of nitrogens with zero attached hydrogens (tertiary/aromatic N) is 2. The van der Waals surface area contributed by atoms with Crippen LogP contribution in [-0.4, -0.2) is 41.9 Å². The van der Waals surface area contributed by atoms with E-state index in [1.165, 1.54) is 19.3 Å². The zero-order valence-corrected chi connectivity index (χ0v) is 12.4. The third-order valence-electron chi connectivity index (χ3n) is 4.16. The van der Waals surface area contributed by atoms with Gasteiger partial charge in [0, 0.05) is 13.1 Å². The summed E-state index contributed by atoms with van der Waals surface area (Å²) in [6, 6.07) is 0.0443. The Morgan fingerprint density at radius 3 is 2.45 bits per heavy atom. The molecule has 6 nitrogen and oxygen atoms in total. The van der Waals surface area contributed by atoms with E-state index in [0.717, 1.165) is 38.8 Å². The minimum atomic E-state index is -0.286. The highest BCUT2D eigenvalue weighted by molar-refractivity contribution is 5.88. The number of rotatable bonds is 3. The van der Waals surface area contributed by atoms with Crippen LogP contribution in [0.1, 0.15) is 51.9 Å². The molecule has 0 aromatic rings. The van der Waals surface area contributed by atoms with Gasteiger partial charge in [0.05, 0.1) is 6.04 Å². The number of nitrogens with one attached hydrogen (secondary N) is 2. The lowest BCUT2D eigenvalue weighted by Crippen LogP contribution is -2.52. The molecule has 0 aromatic heterocycles. The van der Waals surface area contributed by atoms with Gasteiger partial charge in [0.15, 0.2) is 0 Å². The van der Waals surface area contributed by atoms with E-state index in [9.17, 15) is 4.79 Å². The molecule has 4 N–H and O–H groups in total. The van der Waals surface area contributed by atoms with Crippen molar-refractivity contribution in [3.05, 3.63) is 0 Å². The molecule has 2 rings (SSSR count). The molecule has 1 aliphatic heterocycles. The van der Waals surface area contributed by atoms with Crippen molar-refractivity contribution >= 4 is 11.9 Å². The highest BCUT2D eigenvalue weighted by atomic mass is 16.2. The molecule has 114 valence electrons. The van der Waals surface area contributed by atoms with Gasteiger partial charge in [-0.2, -0.15) is 0 Å². The molecule has 1 saturated heterocycles. The van der Waals surface area contributed by atoms with Crippen molar-refractivity contribution in [3.63, 3.8) is 0 Å². The fraction of sp³-hybridized carbons (Fsp3) is 0.857. The van der Waals surface area contributed by atoms with Crippen molar-refractivity contribution in [1.82, 2.24) is 15.6 Å². The van der Waals surface area contributed by atoms with Crippen LogP contribution in [0.4, 0.5) is 0 Å². The first-order chi connectivity index (χ1) is 9.70. The smallest absolute Gasteiger partial charge is 0.244 e. The summed E-state index contributed by atoms with van der Waals surface area (Å²) in [4.78, 5) is 18.7. The van der Waals surface area contributed by atoms with E-state index in [1.54, 1.807) is 0 Å². The maximum Gasteiger partial charge on any atom is 0.244 e. The largest absolute Gasteiger partial charge is 0.344 e. The van der Waals surface area contributed by atoms with Crippen LogP contribution in [0.5, 0.6) is 0 Å². The molecule has 20 heavy (non-hydrogen) atoms. The minimum Gasteiger partial charge on any atom is -0.344 e. The fourth-order valence-electron chi connectivity index (χ4n) is 2.99. The monoisotopic (exact) mass is 281 g/mol. The number of hydrogen-bond donors (Lipinski definition) is 3. The molecule has 0 aromatic carbocycles. The van der Waals surface area contributed by atoms with Gasteiger partial charge in [-0.25, -0.2) is 10.8 Å². The van der Waals surface area contributed by atoms with E-state index >= 15 is 0 Å². The summed E-state index contributed by atoms with van der Waals surface area (Å²) in [5.74, 6) is 6.20. The van der Waals surface area contributed by atoms with Gasteiger partial charge in [0.1, 0.15) is 6.04 Å². The molecule has 0 spiro atoms. The van der Waals surface area contributed by atoms with Gasteiger partial charge < -0.3 is 10.2 Å². The van der Waals surface area contributed by atoms with Crippen molar-refractivity contribution in [1.29, 1.82) is 0 Å². The van der Waals surface area contributed by atoms with Gasteiger partial charge in [-0.05, 0) is 32.6 Å². The maximum atomic E-state index is 12.2. The van der Waals surface area contributed by atoms with Crippen molar-refractivity contribution < 1.29 is 4.79 Å². The molecule has 1 saturated carbocycles. The predicted octanol–water partition coefficient (Wildman–Crippen LogP) is 0.739. The first kappa shape index (κ1) is 15.1. The van der Waals surface area contributed by atoms with E-state index in [-0.39, 0.29) is 11.9 Å². The molecular formula is C14H27N5O. The van der Waals surface area contributed by atoms with Crippen LogP contribution in [0.3, 0.4) is 0 Å². The van der Waals surface area contributed by atoms with Gasteiger partial charge in [-0.3, -0.25) is 10.2 Å². The number of nitrogens with two attached hydrogens (primary N) is 1. The summed E-state index contributed by atoms with van der Waals surface area (Å²) in [5, 5.41) is 3.11. The molecule has 0 bridgehead atoms. The molecule has 2 aliphatic rings. The first-order valence-electron chi connectivity index (χ1n) is 7.80. The highest BCUT2D eigenvalue weighted by Gasteiger charge is 2.24. The molecule has 1 aliphatic carbocycles. The van der Waals surface area contributed by atoms with E-state index in [0.29, 0.717) is 12.0 Å². The Morgan fingerprint density at radius 2 is 1.85 bits per heavy atom. The van der Waals surface area contributed by atoms with E-state index in [4.69, 9.17) is 5.84 Å². The lowest BCUT2D eigenvalue weighted by molar-refractivity contribution is -0.131. The molecule has 0 radical (unpaired) electrons. The number of hydrogen-bond acceptors (Lipinski definition) is 3. The van der Waals surface area contributed by atoms with Gasteiger partial charge in [0.25, 0.3) is 0 Å². The van der Waals surface area contributed by atoms with Gasteiger partial charge >= 0.3 is 0 Å². The second-order valence-corrected chi connectivity index (χ2v) is 5.81. The van der Waals surface area contributed by atoms with E-state index < -0.39 is 0 Å². The Hall–Kier alpha value is -1.30. The predicted molar refractivity (Wildman–Crippen MR) is 80.0 cm³/mol. The van der Waals surface area contributed by atoms with Crippen LogP contribution in [0, 0.1) is 0 Å². The van der Waals surface area contributed by atoms with Crippen LogP contribution in [0.15, 0.2) is 4.99 Å². The molecule has 1 heterocycles. The summed E-state index contributed by atoms with van der Waals surface area (Å²) in [7, 11) is 0. The molecule has 1 amide bonds. The van der Waals surface area contributed by atoms with Gasteiger partial charge in [0.2, 0.25) is 11.9 Å². The van der Waals surface area contributed by atoms with E-state index in [2.05, 4.69) is 15.7 Å². The fourth-order valence-corrected chi connectivity index (χ4v) is 2.99. The highest BCUT2D eigenvalue weighted by Crippen LogP contribution is 2.20. The maximum absolute atomic E-state index is 12.2. The number of likely N-dealkylation sites (tertiary alicyclic amines) is 1. The third-order valence-corrected chi connectivity index (χ3v) is 4.16. The number of aliphatic imine (C=N–C) groups is 1. The quantitative estimate of drug-likeness (QED) is 0.308. The Kier molecular flexibility index (Phi) is 5.64. The normalized spacial score (nSPS) is 22.7. The number of carbonyl (C=O) groups excluding carboxylic acids is 1. The second kappa shape index (κ2) is 7.47. The molecule has 1 unspecified atom stereocenters. The molecular weight excluding hydrogens is 254 g/mol. The average Bonchev–Trinajstić information content (AvgIpc) is 3.01. The van der Waals surface area contributed by atoms with Crippen LogP contribution in [-0.2, 0) is 4.79 Å². The summed E-state index contributed by atoms with van der Waals surface area (Å²) in [5.41, 5.74) is 2.59. The molecule has 1 atom stereocenters. The summed E-state index contributed by atoms with van der Waals surface area (Å²) in [6.07, 6.45) is 8.20. The number of amides is 1. The second-order valence-electron chi connectivity index (χ2n) is 5.81. The van der Waals surface area contributed by atoms with Crippen molar-refractivity contribution in [2.24, 2.45) is 10.8 Å². The minimum absolute atomic E-state index is 0.133. The summed E-state index contributed by atoms with van der Waals surface area (Å²) < 4.78 is 0. The van der Waals surface area contributed by atoms with Crippen LogP contribution >= 0.6 is 0 Å². The first-order valence-corrected chi connectivity index (χ1v) is 7.80. The standard InChI is InChI=1S/C14H27N5O/c1-11(13(20)19-9-5-6-10-19)16-14(18-15)17-12-7-3-2-4-8-12/h11-12H,2-10,15H2,1H3,(H2,16,17,18).